The third-order valence-corrected chi connectivity index (χ3v) is 5.26. The van der Waals surface area contributed by atoms with Crippen molar-refractivity contribution in [3.8, 4) is 0 Å². The average molecular weight is 491 g/mol. The topological polar surface area (TPSA) is 82.2 Å². The Hall–Kier alpha value is -4.01. The van der Waals surface area contributed by atoms with Crippen molar-refractivity contribution in [3.05, 3.63) is 89.9 Å². The highest BCUT2D eigenvalue weighted by Crippen LogP contribution is 2.29. The zero-order chi connectivity index (χ0) is 24.8. The fourth-order valence-electron chi connectivity index (χ4n) is 3.31. The van der Waals surface area contributed by atoms with Gasteiger partial charge in [0.15, 0.2) is 5.82 Å². The van der Waals surface area contributed by atoms with Gasteiger partial charge in [0.25, 0.3) is 0 Å². The second-order valence-electron chi connectivity index (χ2n) is 8.05. The Kier molecular flexibility index (Phi) is 7.54. The fourth-order valence-corrected chi connectivity index (χ4v) is 3.45. The zero-order valence-corrected chi connectivity index (χ0v) is 20.0. The Bertz CT molecular complexity index is 1390. The molecule has 0 atom stereocenters. The monoisotopic (exact) mass is 490 g/mol. The van der Waals surface area contributed by atoms with Gasteiger partial charge in [-0.3, -0.25) is 4.79 Å². The van der Waals surface area contributed by atoms with Crippen LogP contribution in [0.1, 0.15) is 0 Å². The minimum atomic E-state index is -0.475. The van der Waals surface area contributed by atoms with Crippen LogP contribution in [0.5, 0.6) is 0 Å². The molecule has 4 aromatic rings. The standard InChI is InChI=1S/C26H24ClFN6O/c1-34(2)13-5-8-24(35)31-22-12-10-19(28)15-23(22)32-26-29-16-21(27)25(33-26)30-20-11-9-17-6-3-4-7-18(17)14-20/h3-12,14-16H,13H2,1-2H3,(H,31,35)(H2,29,30,32,33)/b8-5+. The van der Waals surface area contributed by atoms with E-state index in [-0.39, 0.29) is 11.9 Å². The molecular formula is C26H24ClFN6O. The molecular weight excluding hydrogens is 467 g/mol. The summed E-state index contributed by atoms with van der Waals surface area (Å²) in [7, 11) is 3.80. The number of hydrogen-bond donors (Lipinski definition) is 3. The third kappa shape index (κ3) is 6.53. The maximum absolute atomic E-state index is 14.0. The van der Waals surface area contributed by atoms with E-state index in [9.17, 15) is 9.18 Å². The molecule has 0 fully saturated rings. The second-order valence-corrected chi connectivity index (χ2v) is 8.45. The van der Waals surface area contributed by atoms with E-state index < -0.39 is 5.82 Å². The number of amides is 1. The summed E-state index contributed by atoms with van der Waals surface area (Å²) in [6.07, 6.45) is 4.61. The SMILES string of the molecule is CN(C)C/C=C/C(=O)Nc1ccc(F)cc1Nc1ncc(Cl)c(Nc2ccc3ccccc3c2)n1. The summed E-state index contributed by atoms with van der Waals surface area (Å²) in [5.74, 6) is -0.246. The van der Waals surface area contributed by atoms with Gasteiger partial charge < -0.3 is 20.9 Å². The highest BCUT2D eigenvalue weighted by Gasteiger charge is 2.11. The van der Waals surface area contributed by atoms with Crippen LogP contribution in [-0.4, -0.2) is 41.4 Å². The highest BCUT2D eigenvalue weighted by atomic mass is 35.5. The number of hydrogen-bond acceptors (Lipinski definition) is 6. The molecule has 0 bridgehead atoms. The number of nitrogens with zero attached hydrogens (tertiary/aromatic N) is 3. The second kappa shape index (κ2) is 10.9. The number of nitrogens with one attached hydrogen (secondary N) is 3. The van der Waals surface area contributed by atoms with E-state index in [0.29, 0.717) is 28.8 Å². The summed E-state index contributed by atoms with van der Waals surface area (Å²) in [4.78, 5) is 22.8. The first-order chi connectivity index (χ1) is 16.9. The quantitative estimate of drug-likeness (QED) is 0.264. The van der Waals surface area contributed by atoms with E-state index in [1.807, 2.05) is 61.5 Å². The van der Waals surface area contributed by atoms with Crippen molar-refractivity contribution >= 4 is 57.1 Å². The van der Waals surface area contributed by atoms with Gasteiger partial charge in [0, 0.05) is 18.3 Å². The van der Waals surface area contributed by atoms with Crippen LogP contribution < -0.4 is 16.0 Å². The predicted molar refractivity (Wildman–Crippen MR) is 140 cm³/mol. The van der Waals surface area contributed by atoms with Crippen LogP contribution in [0.4, 0.5) is 33.2 Å². The molecule has 0 spiro atoms. The molecule has 0 aliphatic heterocycles. The lowest BCUT2D eigenvalue weighted by atomic mass is 10.1. The molecule has 3 N–H and O–H groups in total. The van der Waals surface area contributed by atoms with E-state index >= 15 is 0 Å². The van der Waals surface area contributed by atoms with Gasteiger partial charge in [0.1, 0.15) is 10.8 Å². The molecule has 0 radical (unpaired) electrons. The molecule has 35 heavy (non-hydrogen) atoms. The number of aromatic nitrogens is 2. The summed E-state index contributed by atoms with van der Waals surface area (Å²) in [6.45, 7) is 0.619. The molecule has 1 heterocycles. The summed E-state index contributed by atoms with van der Waals surface area (Å²) in [5, 5.41) is 11.4. The molecule has 0 saturated carbocycles. The van der Waals surface area contributed by atoms with Gasteiger partial charge in [-0.05, 0) is 55.2 Å². The lowest BCUT2D eigenvalue weighted by Crippen LogP contribution is -2.13. The average Bonchev–Trinajstić information content (AvgIpc) is 2.82. The Morgan fingerprint density at radius 1 is 1.03 bits per heavy atom. The van der Waals surface area contributed by atoms with Crippen molar-refractivity contribution in [2.45, 2.75) is 0 Å². The molecule has 1 aromatic heterocycles. The van der Waals surface area contributed by atoms with Gasteiger partial charge in [0.2, 0.25) is 11.9 Å². The van der Waals surface area contributed by atoms with Crippen molar-refractivity contribution in [2.75, 3.05) is 36.6 Å². The van der Waals surface area contributed by atoms with Crippen molar-refractivity contribution < 1.29 is 9.18 Å². The Morgan fingerprint density at radius 2 is 1.83 bits per heavy atom. The number of likely N-dealkylation sites (N-methyl/N-ethyl adjacent to an activating group) is 1. The first kappa shape index (κ1) is 24.1. The minimum Gasteiger partial charge on any atom is -0.339 e. The van der Waals surface area contributed by atoms with Crippen LogP contribution in [-0.2, 0) is 4.79 Å². The summed E-state index contributed by atoms with van der Waals surface area (Å²) >= 11 is 6.32. The number of rotatable bonds is 8. The third-order valence-electron chi connectivity index (χ3n) is 4.98. The molecule has 9 heteroatoms. The molecule has 0 aliphatic rings. The largest absolute Gasteiger partial charge is 0.339 e. The smallest absolute Gasteiger partial charge is 0.248 e. The van der Waals surface area contributed by atoms with Crippen LogP contribution in [0.2, 0.25) is 5.02 Å². The van der Waals surface area contributed by atoms with Gasteiger partial charge >= 0.3 is 0 Å². The number of carbonyl (C=O) groups is 1. The highest BCUT2D eigenvalue weighted by molar-refractivity contribution is 6.33. The Balaban J connectivity index is 1.54. The van der Waals surface area contributed by atoms with E-state index in [1.165, 1.54) is 30.5 Å². The molecule has 0 aliphatic carbocycles. The van der Waals surface area contributed by atoms with Crippen LogP contribution in [0.15, 0.2) is 79.0 Å². The van der Waals surface area contributed by atoms with E-state index in [1.54, 1.807) is 6.08 Å². The van der Waals surface area contributed by atoms with Crippen LogP contribution >= 0.6 is 11.6 Å². The maximum Gasteiger partial charge on any atom is 0.248 e. The minimum absolute atomic E-state index is 0.182. The van der Waals surface area contributed by atoms with Crippen molar-refractivity contribution in [3.63, 3.8) is 0 Å². The van der Waals surface area contributed by atoms with E-state index in [4.69, 9.17) is 11.6 Å². The number of halogens is 2. The summed E-state index contributed by atoms with van der Waals surface area (Å²) < 4.78 is 14.0. The Labute approximate surface area is 207 Å². The normalized spacial score (nSPS) is 11.2. The molecule has 7 nitrogen and oxygen atoms in total. The first-order valence-electron chi connectivity index (χ1n) is 10.8. The molecule has 4 rings (SSSR count). The molecule has 1 amide bonds. The van der Waals surface area contributed by atoms with Gasteiger partial charge in [-0.25, -0.2) is 9.37 Å². The lowest BCUT2D eigenvalue weighted by molar-refractivity contribution is -0.111. The van der Waals surface area contributed by atoms with Gasteiger partial charge in [0.05, 0.1) is 17.6 Å². The van der Waals surface area contributed by atoms with E-state index in [0.717, 1.165) is 16.5 Å². The zero-order valence-electron chi connectivity index (χ0n) is 19.2. The summed E-state index contributed by atoms with van der Waals surface area (Å²) in [6, 6.07) is 17.9. The molecule has 0 unspecified atom stereocenters. The molecule has 3 aromatic carbocycles. The van der Waals surface area contributed by atoms with Crippen molar-refractivity contribution in [1.29, 1.82) is 0 Å². The first-order valence-corrected chi connectivity index (χ1v) is 11.2. The summed E-state index contributed by atoms with van der Waals surface area (Å²) in [5.41, 5.74) is 1.49. The van der Waals surface area contributed by atoms with Gasteiger partial charge in [-0.15, -0.1) is 0 Å². The lowest BCUT2D eigenvalue weighted by Gasteiger charge is -2.13. The number of benzene rings is 3. The molecule has 0 saturated heterocycles. The molecule has 178 valence electrons. The van der Waals surface area contributed by atoms with Crippen LogP contribution in [0.25, 0.3) is 10.8 Å². The van der Waals surface area contributed by atoms with Gasteiger partial charge in [-0.1, -0.05) is 48.0 Å². The van der Waals surface area contributed by atoms with Crippen molar-refractivity contribution in [2.24, 2.45) is 0 Å². The van der Waals surface area contributed by atoms with Crippen LogP contribution in [0.3, 0.4) is 0 Å². The number of carbonyl (C=O) groups excluding carboxylic acids is 1. The van der Waals surface area contributed by atoms with Crippen molar-refractivity contribution in [1.82, 2.24) is 14.9 Å². The van der Waals surface area contributed by atoms with E-state index in [2.05, 4.69) is 25.9 Å². The number of fused-ring (bicyclic) bond motifs is 1. The fraction of sp³-hybridized carbons (Fsp3) is 0.115. The van der Waals surface area contributed by atoms with Crippen LogP contribution in [0, 0.1) is 5.82 Å². The predicted octanol–water partition coefficient (Wildman–Crippen LogP) is 5.97. The Morgan fingerprint density at radius 3 is 2.63 bits per heavy atom. The maximum atomic E-state index is 14.0. The van der Waals surface area contributed by atoms with Gasteiger partial charge in [-0.2, -0.15) is 4.98 Å². The number of anilines is 5.